The molecule has 2 aromatic rings. The highest BCUT2D eigenvalue weighted by Gasteiger charge is 2.24. The summed E-state index contributed by atoms with van der Waals surface area (Å²) in [7, 11) is 0. The quantitative estimate of drug-likeness (QED) is 0.684. The molecule has 2 rings (SSSR count). The van der Waals surface area contributed by atoms with E-state index in [0.29, 0.717) is 11.6 Å². The lowest BCUT2D eigenvalue weighted by molar-refractivity contribution is 0.0956. The first-order valence-corrected chi connectivity index (χ1v) is 5.50. The smallest absolute Gasteiger partial charge is 0.195 e. The zero-order chi connectivity index (χ0) is 14.0. The van der Waals surface area contributed by atoms with E-state index in [4.69, 9.17) is 5.73 Å². The Kier molecular flexibility index (Phi) is 3.66. The topological polar surface area (TPSA) is 43.1 Å². The van der Waals surface area contributed by atoms with Gasteiger partial charge in [-0.25, -0.2) is 13.2 Å². The summed E-state index contributed by atoms with van der Waals surface area (Å²) >= 11 is 0. The van der Waals surface area contributed by atoms with Crippen LogP contribution in [0.2, 0.25) is 0 Å². The van der Waals surface area contributed by atoms with E-state index in [2.05, 4.69) is 0 Å². The first-order chi connectivity index (χ1) is 9.02. The molecule has 0 aliphatic carbocycles. The molecule has 0 aliphatic heterocycles. The van der Waals surface area contributed by atoms with Gasteiger partial charge in [-0.2, -0.15) is 0 Å². The third kappa shape index (κ3) is 2.51. The molecule has 0 radical (unpaired) electrons. The summed E-state index contributed by atoms with van der Waals surface area (Å²) in [6, 6.07) is 8.73. The highest BCUT2D eigenvalue weighted by molar-refractivity contribution is 6.00. The van der Waals surface area contributed by atoms with Crippen molar-refractivity contribution in [3.63, 3.8) is 0 Å². The second-order valence-corrected chi connectivity index (χ2v) is 3.98. The molecule has 1 unspecified atom stereocenters. The maximum absolute atomic E-state index is 13.5. The van der Waals surface area contributed by atoms with Crippen molar-refractivity contribution < 1.29 is 18.0 Å². The minimum Gasteiger partial charge on any atom is -0.318 e. The average Bonchev–Trinajstić information content (AvgIpc) is 2.44. The molecule has 0 bridgehead atoms. The number of hydrogen-bond donors (Lipinski definition) is 1. The number of carbonyl (C=O) groups is 1. The summed E-state index contributed by atoms with van der Waals surface area (Å²) in [5, 5.41) is 0. The van der Waals surface area contributed by atoms with Crippen LogP contribution >= 0.6 is 0 Å². The molecule has 0 amide bonds. The first kappa shape index (κ1) is 13.3. The Hall–Kier alpha value is -2.14. The number of halogens is 3. The molecule has 5 heteroatoms. The van der Waals surface area contributed by atoms with Crippen LogP contribution in [0.5, 0.6) is 0 Å². The summed E-state index contributed by atoms with van der Waals surface area (Å²) in [4.78, 5) is 12.0. The fourth-order valence-corrected chi connectivity index (χ4v) is 1.70. The van der Waals surface area contributed by atoms with Crippen LogP contribution in [-0.4, -0.2) is 5.78 Å². The summed E-state index contributed by atoms with van der Waals surface area (Å²) in [5.74, 6) is -5.34. The van der Waals surface area contributed by atoms with Crippen molar-refractivity contribution in [1.29, 1.82) is 0 Å². The van der Waals surface area contributed by atoms with Gasteiger partial charge in [0.15, 0.2) is 23.2 Å². The lowest BCUT2D eigenvalue weighted by atomic mass is 9.98. The Morgan fingerprint density at radius 2 is 1.58 bits per heavy atom. The van der Waals surface area contributed by atoms with E-state index < -0.39 is 34.8 Å². The second kappa shape index (κ2) is 5.24. The van der Waals surface area contributed by atoms with Crippen LogP contribution in [0, 0.1) is 17.5 Å². The predicted octanol–water partition coefficient (Wildman–Crippen LogP) is 2.99. The van der Waals surface area contributed by atoms with E-state index in [-0.39, 0.29) is 0 Å². The van der Waals surface area contributed by atoms with Crippen molar-refractivity contribution in [3.8, 4) is 0 Å². The zero-order valence-corrected chi connectivity index (χ0v) is 9.74. The van der Waals surface area contributed by atoms with Gasteiger partial charge >= 0.3 is 0 Å². The normalized spacial score (nSPS) is 12.2. The molecule has 0 aliphatic rings. The van der Waals surface area contributed by atoms with Gasteiger partial charge in [0.1, 0.15) is 0 Å². The lowest BCUT2D eigenvalue weighted by Gasteiger charge is -2.11. The number of rotatable bonds is 3. The van der Waals surface area contributed by atoms with Crippen LogP contribution in [0.1, 0.15) is 22.0 Å². The van der Waals surface area contributed by atoms with Gasteiger partial charge < -0.3 is 5.73 Å². The number of Topliss-reactive ketones (excluding diaryl/α,β-unsaturated/α-hetero) is 1. The van der Waals surface area contributed by atoms with Crippen LogP contribution in [0.15, 0.2) is 42.5 Å². The third-order valence-corrected chi connectivity index (χ3v) is 2.74. The standard InChI is InChI=1S/C14H10F3NO/c15-10-7-6-9(11(16)12(10)17)14(19)13(18)8-4-2-1-3-5-8/h1-7,13H,18H2. The van der Waals surface area contributed by atoms with E-state index in [9.17, 15) is 18.0 Å². The van der Waals surface area contributed by atoms with E-state index in [1.54, 1.807) is 30.3 Å². The van der Waals surface area contributed by atoms with Crippen molar-refractivity contribution in [2.75, 3.05) is 0 Å². The van der Waals surface area contributed by atoms with E-state index in [1.807, 2.05) is 0 Å². The van der Waals surface area contributed by atoms with Crippen molar-refractivity contribution in [3.05, 3.63) is 71.0 Å². The van der Waals surface area contributed by atoms with E-state index in [0.717, 1.165) is 6.07 Å². The highest BCUT2D eigenvalue weighted by Crippen LogP contribution is 2.21. The van der Waals surface area contributed by atoms with Crippen molar-refractivity contribution >= 4 is 5.78 Å². The fourth-order valence-electron chi connectivity index (χ4n) is 1.70. The van der Waals surface area contributed by atoms with Crippen LogP contribution < -0.4 is 5.73 Å². The van der Waals surface area contributed by atoms with Gasteiger partial charge in [0.25, 0.3) is 0 Å². The number of nitrogens with two attached hydrogens (primary N) is 1. The van der Waals surface area contributed by atoms with Crippen LogP contribution in [0.3, 0.4) is 0 Å². The molecule has 0 saturated carbocycles. The van der Waals surface area contributed by atoms with Crippen molar-refractivity contribution in [2.45, 2.75) is 6.04 Å². The van der Waals surface area contributed by atoms with Crippen LogP contribution in [0.25, 0.3) is 0 Å². The monoisotopic (exact) mass is 265 g/mol. The number of carbonyl (C=O) groups excluding carboxylic acids is 1. The van der Waals surface area contributed by atoms with Gasteiger partial charge in [0.05, 0.1) is 11.6 Å². The molecule has 2 nitrogen and oxygen atoms in total. The van der Waals surface area contributed by atoms with Crippen molar-refractivity contribution in [2.24, 2.45) is 5.73 Å². The Bertz CT molecular complexity index is 614. The molecule has 19 heavy (non-hydrogen) atoms. The highest BCUT2D eigenvalue weighted by atomic mass is 19.2. The summed E-state index contributed by atoms with van der Waals surface area (Å²) in [6.07, 6.45) is 0. The van der Waals surface area contributed by atoms with Crippen molar-refractivity contribution in [1.82, 2.24) is 0 Å². The predicted molar refractivity (Wildman–Crippen MR) is 64.0 cm³/mol. The van der Waals surface area contributed by atoms with Gasteiger partial charge in [-0.05, 0) is 17.7 Å². The first-order valence-electron chi connectivity index (χ1n) is 5.50. The minimum atomic E-state index is -1.67. The summed E-state index contributed by atoms with van der Waals surface area (Å²) < 4.78 is 39.4. The number of benzene rings is 2. The molecule has 98 valence electrons. The molecule has 2 N–H and O–H groups in total. The molecule has 0 aromatic heterocycles. The Balaban J connectivity index is 2.38. The maximum Gasteiger partial charge on any atom is 0.195 e. The summed E-state index contributed by atoms with van der Waals surface area (Å²) in [5.41, 5.74) is 5.60. The van der Waals surface area contributed by atoms with Gasteiger partial charge in [-0.1, -0.05) is 30.3 Å². The average molecular weight is 265 g/mol. The van der Waals surface area contributed by atoms with E-state index in [1.165, 1.54) is 0 Å². The van der Waals surface area contributed by atoms with Gasteiger partial charge in [-0.15, -0.1) is 0 Å². The number of hydrogen-bond acceptors (Lipinski definition) is 2. The fraction of sp³-hybridized carbons (Fsp3) is 0.0714. The zero-order valence-electron chi connectivity index (χ0n) is 9.74. The maximum atomic E-state index is 13.5. The Labute approximate surface area is 107 Å². The molecular formula is C14H10F3NO. The molecule has 0 heterocycles. The number of ketones is 1. The van der Waals surface area contributed by atoms with Crippen LogP contribution in [0.4, 0.5) is 13.2 Å². The second-order valence-electron chi connectivity index (χ2n) is 3.98. The van der Waals surface area contributed by atoms with Gasteiger partial charge in [-0.3, -0.25) is 4.79 Å². The molecule has 2 aromatic carbocycles. The molecule has 1 atom stereocenters. The van der Waals surface area contributed by atoms with E-state index >= 15 is 0 Å². The molecule has 0 spiro atoms. The Morgan fingerprint density at radius 1 is 0.947 bits per heavy atom. The molecular weight excluding hydrogens is 255 g/mol. The Morgan fingerprint density at radius 3 is 2.21 bits per heavy atom. The van der Waals surface area contributed by atoms with Gasteiger partial charge in [0, 0.05) is 0 Å². The summed E-state index contributed by atoms with van der Waals surface area (Å²) in [6.45, 7) is 0. The molecule has 0 saturated heterocycles. The third-order valence-electron chi connectivity index (χ3n) is 2.74. The lowest BCUT2D eigenvalue weighted by Crippen LogP contribution is -2.23. The largest absolute Gasteiger partial charge is 0.318 e. The SMILES string of the molecule is NC(C(=O)c1ccc(F)c(F)c1F)c1ccccc1. The van der Waals surface area contributed by atoms with Gasteiger partial charge in [0.2, 0.25) is 0 Å². The van der Waals surface area contributed by atoms with Crippen LogP contribution in [-0.2, 0) is 0 Å². The molecule has 0 fully saturated rings. The minimum absolute atomic E-state index is 0.469.